The second kappa shape index (κ2) is 4.38. The molecule has 2 rings (SSSR count). The third-order valence-corrected chi connectivity index (χ3v) is 3.38. The van der Waals surface area contributed by atoms with E-state index >= 15 is 0 Å². The molecule has 0 fully saturated rings. The van der Waals surface area contributed by atoms with Gasteiger partial charge in [-0.25, -0.2) is 4.52 Å². The van der Waals surface area contributed by atoms with Gasteiger partial charge in [0, 0.05) is 11.8 Å². The fraction of sp³-hybridized carbons (Fsp3) is 0.200. The van der Waals surface area contributed by atoms with E-state index < -0.39 is 21.5 Å². The summed E-state index contributed by atoms with van der Waals surface area (Å²) >= 11 is 0. The largest absolute Gasteiger partial charge is 0.534 e. The van der Waals surface area contributed by atoms with Gasteiger partial charge in [-0.2, -0.15) is 26.9 Å². The van der Waals surface area contributed by atoms with Gasteiger partial charge in [-0.15, -0.1) is 5.10 Å². The SMILES string of the molecule is Cc1c(OS(=O)(=O)C(F)(F)F)nn2cc(C#N)ccc12. The molecule has 0 atom stereocenters. The van der Waals surface area contributed by atoms with Crippen LogP contribution >= 0.6 is 0 Å². The van der Waals surface area contributed by atoms with Crippen LogP contribution in [-0.2, 0) is 10.1 Å². The number of hydrogen-bond donors (Lipinski definition) is 0. The zero-order chi connectivity index (χ0) is 15.1. The Morgan fingerprint density at radius 1 is 1.40 bits per heavy atom. The number of pyridine rings is 1. The first kappa shape index (κ1) is 14.1. The lowest BCUT2D eigenvalue weighted by Crippen LogP contribution is -2.28. The second-order valence-electron chi connectivity index (χ2n) is 3.77. The fourth-order valence-corrected chi connectivity index (χ4v) is 1.91. The maximum Gasteiger partial charge on any atom is 0.534 e. The summed E-state index contributed by atoms with van der Waals surface area (Å²) in [6, 6.07) is 4.67. The molecule has 0 amide bonds. The number of aromatic nitrogens is 2. The summed E-state index contributed by atoms with van der Waals surface area (Å²) in [4.78, 5) is 0. The summed E-state index contributed by atoms with van der Waals surface area (Å²) < 4.78 is 63.6. The van der Waals surface area contributed by atoms with Crippen molar-refractivity contribution in [1.29, 1.82) is 5.26 Å². The standard InChI is InChI=1S/C10H6F3N3O3S/c1-6-8-3-2-7(4-14)5-16(8)15-9(6)19-20(17,18)10(11,12)13/h2-3,5H,1H3. The van der Waals surface area contributed by atoms with Gasteiger partial charge in [0.15, 0.2) is 0 Å². The molecule has 0 spiro atoms. The van der Waals surface area contributed by atoms with Crippen LogP contribution in [0.3, 0.4) is 0 Å². The Bertz CT molecular complexity index is 818. The molecule has 0 saturated carbocycles. The molecule has 0 radical (unpaired) electrons. The number of hydrogen-bond acceptors (Lipinski definition) is 5. The lowest BCUT2D eigenvalue weighted by Gasteiger charge is -2.07. The molecule has 106 valence electrons. The Morgan fingerprint density at radius 2 is 2.05 bits per heavy atom. The Balaban J connectivity index is 2.52. The predicted molar refractivity (Wildman–Crippen MR) is 60.2 cm³/mol. The third kappa shape index (κ3) is 2.27. The highest BCUT2D eigenvalue weighted by Crippen LogP contribution is 2.29. The molecule has 10 heteroatoms. The van der Waals surface area contributed by atoms with Crippen LogP contribution in [0.15, 0.2) is 18.3 Å². The van der Waals surface area contributed by atoms with Crippen LogP contribution in [0.1, 0.15) is 11.1 Å². The number of halogens is 3. The van der Waals surface area contributed by atoms with Crippen molar-refractivity contribution in [2.24, 2.45) is 0 Å². The highest BCUT2D eigenvalue weighted by molar-refractivity contribution is 7.87. The average Bonchev–Trinajstić information content (AvgIpc) is 2.63. The lowest BCUT2D eigenvalue weighted by atomic mass is 10.2. The highest BCUT2D eigenvalue weighted by Gasteiger charge is 2.49. The molecule has 0 aromatic carbocycles. The zero-order valence-corrected chi connectivity index (χ0v) is 10.7. The molecule has 0 bridgehead atoms. The summed E-state index contributed by atoms with van der Waals surface area (Å²) in [7, 11) is -5.78. The maximum absolute atomic E-state index is 12.2. The van der Waals surface area contributed by atoms with Gasteiger partial charge in [0.05, 0.1) is 11.1 Å². The van der Waals surface area contributed by atoms with Gasteiger partial charge in [0.1, 0.15) is 6.07 Å². The topological polar surface area (TPSA) is 84.5 Å². The van der Waals surface area contributed by atoms with E-state index in [-0.39, 0.29) is 11.1 Å². The van der Waals surface area contributed by atoms with E-state index in [1.807, 2.05) is 6.07 Å². The van der Waals surface area contributed by atoms with E-state index in [0.29, 0.717) is 5.52 Å². The molecule has 20 heavy (non-hydrogen) atoms. The monoisotopic (exact) mass is 305 g/mol. The first-order chi connectivity index (χ1) is 9.15. The summed E-state index contributed by atoms with van der Waals surface area (Å²) in [5.74, 6) is -0.683. The van der Waals surface area contributed by atoms with Crippen molar-refractivity contribution in [3.05, 3.63) is 29.5 Å². The molecule has 0 aliphatic heterocycles. The van der Waals surface area contributed by atoms with E-state index in [1.165, 1.54) is 25.3 Å². The first-order valence-electron chi connectivity index (χ1n) is 5.05. The number of alkyl halides is 3. The van der Waals surface area contributed by atoms with Crippen molar-refractivity contribution >= 4 is 15.6 Å². The molecule has 0 saturated heterocycles. The van der Waals surface area contributed by atoms with Crippen LogP contribution in [0.5, 0.6) is 5.88 Å². The smallest absolute Gasteiger partial charge is 0.353 e. The highest BCUT2D eigenvalue weighted by atomic mass is 32.2. The number of nitrogens with zero attached hydrogens (tertiary/aromatic N) is 3. The van der Waals surface area contributed by atoms with E-state index in [4.69, 9.17) is 5.26 Å². The van der Waals surface area contributed by atoms with E-state index in [2.05, 4.69) is 9.28 Å². The third-order valence-electron chi connectivity index (χ3n) is 2.43. The quantitative estimate of drug-likeness (QED) is 0.623. The van der Waals surface area contributed by atoms with Gasteiger partial charge >= 0.3 is 15.6 Å². The zero-order valence-electron chi connectivity index (χ0n) is 9.84. The molecular weight excluding hydrogens is 299 g/mol. The Kier molecular flexibility index (Phi) is 3.09. The van der Waals surface area contributed by atoms with Crippen molar-refractivity contribution < 1.29 is 25.8 Å². The van der Waals surface area contributed by atoms with Gasteiger partial charge in [-0.3, -0.25) is 0 Å². The van der Waals surface area contributed by atoms with Gasteiger partial charge in [0.2, 0.25) is 0 Å². The lowest BCUT2D eigenvalue weighted by molar-refractivity contribution is -0.0501. The maximum atomic E-state index is 12.2. The van der Waals surface area contributed by atoms with Crippen LogP contribution in [0.2, 0.25) is 0 Å². The number of aryl methyl sites for hydroxylation is 1. The number of nitriles is 1. The van der Waals surface area contributed by atoms with Crippen molar-refractivity contribution in [2.75, 3.05) is 0 Å². The van der Waals surface area contributed by atoms with Crippen molar-refractivity contribution in [3.63, 3.8) is 0 Å². The van der Waals surface area contributed by atoms with Crippen molar-refractivity contribution in [3.8, 4) is 11.9 Å². The van der Waals surface area contributed by atoms with E-state index in [1.54, 1.807) is 0 Å². The van der Waals surface area contributed by atoms with Gasteiger partial charge in [0.25, 0.3) is 5.88 Å². The minimum atomic E-state index is -5.78. The molecule has 2 aromatic rings. The van der Waals surface area contributed by atoms with E-state index in [9.17, 15) is 21.6 Å². The first-order valence-corrected chi connectivity index (χ1v) is 6.46. The molecule has 2 aromatic heterocycles. The fourth-order valence-electron chi connectivity index (χ4n) is 1.45. The van der Waals surface area contributed by atoms with Gasteiger partial charge < -0.3 is 4.18 Å². The van der Waals surface area contributed by atoms with Crippen molar-refractivity contribution in [2.45, 2.75) is 12.4 Å². The molecule has 0 aliphatic rings. The summed E-state index contributed by atoms with van der Waals surface area (Å²) in [6.07, 6.45) is 1.25. The second-order valence-corrected chi connectivity index (χ2v) is 5.31. The summed E-state index contributed by atoms with van der Waals surface area (Å²) in [5, 5.41) is 12.3. The minimum absolute atomic E-state index is 0.113. The van der Waals surface area contributed by atoms with Crippen LogP contribution in [0, 0.1) is 18.3 Å². The molecule has 6 nitrogen and oxygen atoms in total. The van der Waals surface area contributed by atoms with Crippen LogP contribution in [-0.4, -0.2) is 23.5 Å². The van der Waals surface area contributed by atoms with Gasteiger partial charge in [-0.1, -0.05) is 0 Å². The molecule has 2 heterocycles. The molecule has 0 aliphatic carbocycles. The molecule has 0 unspecified atom stereocenters. The van der Waals surface area contributed by atoms with E-state index in [0.717, 1.165) is 4.52 Å². The summed E-state index contributed by atoms with van der Waals surface area (Å²) in [5.41, 5.74) is -4.88. The minimum Gasteiger partial charge on any atom is -0.353 e. The Morgan fingerprint density at radius 3 is 2.60 bits per heavy atom. The van der Waals surface area contributed by atoms with Gasteiger partial charge in [-0.05, 0) is 19.1 Å². The normalized spacial score (nSPS) is 12.3. The Hall–Kier alpha value is -2.28. The number of fused-ring (bicyclic) bond motifs is 1. The van der Waals surface area contributed by atoms with Crippen LogP contribution < -0.4 is 4.18 Å². The predicted octanol–water partition coefficient (Wildman–Crippen LogP) is 1.74. The number of rotatable bonds is 2. The van der Waals surface area contributed by atoms with Crippen molar-refractivity contribution in [1.82, 2.24) is 9.61 Å². The molecule has 0 N–H and O–H groups in total. The average molecular weight is 305 g/mol. The van der Waals surface area contributed by atoms with Crippen LogP contribution in [0.25, 0.3) is 5.52 Å². The Labute approximate surface area is 111 Å². The summed E-state index contributed by atoms with van der Waals surface area (Å²) in [6.45, 7) is 1.36. The van der Waals surface area contributed by atoms with Crippen LogP contribution in [0.4, 0.5) is 13.2 Å². The molecular formula is C10H6F3N3O3S.